The number of rotatable bonds is 5. The number of hydrogen-bond acceptors (Lipinski definition) is 4. The molecule has 0 saturated carbocycles. The van der Waals surface area contributed by atoms with E-state index >= 15 is 0 Å². The van der Waals surface area contributed by atoms with Crippen molar-refractivity contribution in [1.82, 2.24) is 0 Å². The SMILES string of the molecule is CCS(=O)(=O)c1ccc(N(C)c2ccc(CN)cc2)cc1. The predicted octanol–water partition coefficient (Wildman–Crippen LogP) is 2.71. The van der Waals surface area contributed by atoms with Gasteiger partial charge in [0.15, 0.2) is 9.84 Å². The summed E-state index contributed by atoms with van der Waals surface area (Å²) >= 11 is 0. The first-order chi connectivity index (χ1) is 9.97. The topological polar surface area (TPSA) is 63.4 Å². The molecule has 5 heteroatoms. The van der Waals surface area contributed by atoms with Crippen LogP contribution in [0.4, 0.5) is 11.4 Å². The first-order valence-electron chi connectivity index (χ1n) is 6.83. The van der Waals surface area contributed by atoms with Gasteiger partial charge in [0.2, 0.25) is 0 Å². The van der Waals surface area contributed by atoms with Gasteiger partial charge in [0, 0.05) is 25.0 Å². The molecule has 0 aliphatic heterocycles. The van der Waals surface area contributed by atoms with E-state index in [2.05, 4.69) is 0 Å². The van der Waals surface area contributed by atoms with Gasteiger partial charge in [-0.2, -0.15) is 0 Å². The highest BCUT2D eigenvalue weighted by Gasteiger charge is 2.12. The molecule has 112 valence electrons. The molecule has 0 radical (unpaired) electrons. The Bertz CT molecular complexity index is 692. The largest absolute Gasteiger partial charge is 0.345 e. The molecule has 0 saturated heterocycles. The van der Waals surface area contributed by atoms with Crippen molar-refractivity contribution in [3.05, 3.63) is 54.1 Å². The molecule has 2 aromatic rings. The van der Waals surface area contributed by atoms with E-state index in [9.17, 15) is 8.42 Å². The molecule has 0 bridgehead atoms. The van der Waals surface area contributed by atoms with E-state index in [4.69, 9.17) is 5.73 Å². The van der Waals surface area contributed by atoms with Crippen LogP contribution < -0.4 is 10.6 Å². The molecule has 21 heavy (non-hydrogen) atoms. The Morgan fingerprint density at radius 2 is 1.43 bits per heavy atom. The Balaban J connectivity index is 2.25. The third kappa shape index (κ3) is 3.43. The molecule has 0 heterocycles. The summed E-state index contributed by atoms with van der Waals surface area (Å²) in [6.07, 6.45) is 0. The Kier molecular flexibility index (Phi) is 4.65. The molecular formula is C16H20N2O2S. The molecule has 0 aliphatic carbocycles. The van der Waals surface area contributed by atoms with Gasteiger partial charge >= 0.3 is 0 Å². The third-order valence-electron chi connectivity index (χ3n) is 3.52. The standard InChI is InChI=1S/C16H20N2O2S/c1-3-21(19,20)16-10-8-15(9-11-16)18(2)14-6-4-13(12-17)5-7-14/h4-11H,3,12,17H2,1-2H3. The van der Waals surface area contributed by atoms with Crippen molar-refractivity contribution in [2.24, 2.45) is 5.73 Å². The molecule has 2 N–H and O–H groups in total. The van der Waals surface area contributed by atoms with Crippen molar-refractivity contribution in [3.63, 3.8) is 0 Å². The van der Waals surface area contributed by atoms with Crippen LogP contribution in [0.3, 0.4) is 0 Å². The number of hydrogen-bond donors (Lipinski definition) is 1. The van der Waals surface area contributed by atoms with Crippen LogP contribution in [0.1, 0.15) is 12.5 Å². The number of nitrogens with zero attached hydrogens (tertiary/aromatic N) is 1. The lowest BCUT2D eigenvalue weighted by atomic mass is 10.2. The maximum Gasteiger partial charge on any atom is 0.178 e. The van der Waals surface area contributed by atoms with Crippen molar-refractivity contribution in [2.45, 2.75) is 18.4 Å². The van der Waals surface area contributed by atoms with Gasteiger partial charge in [0.1, 0.15) is 0 Å². The molecule has 0 spiro atoms. The van der Waals surface area contributed by atoms with Gasteiger partial charge in [0.05, 0.1) is 10.6 Å². The summed E-state index contributed by atoms with van der Waals surface area (Å²) < 4.78 is 23.6. The Labute approximate surface area is 126 Å². The summed E-state index contributed by atoms with van der Waals surface area (Å²) in [6.45, 7) is 2.17. The van der Waals surface area contributed by atoms with Crippen molar-refractivity contribution in [3.8, 4) is 0 Å². The summed E-state index contributed by atoms with van der Waals surface area (Å²) in [7, 11) is -1.20. The van der Waals surface area contributed by atoms with Crippen LogP contribution in [-0.2, 0) is 16.4 Å². The number of sulfone groups is 1. The van der Waals surface area contributed by atoms with Crippen LogP contribution >= 0.6 is 0 Å². The maximum absolute atomic E-state index is 11.8. The van der Waals surface area contributed by atoms with Crippen molar-refractivity contribution >= 4 is 21.2 Å². The van der Waals surface area contributed by atoms with E-state index in [1.165, 1.54) is 0 Å². The lowest BCUT2D eigenvalue weighted by molar-refractivity contribution is 0.597. The summed E-state index contributed by atoms with van der Waals surface area (Å²) in [5, 5.41) is 0. The fourth-order valence-corrected chi connectivity index (χ4v) is 2.93. The molecule has 0 unspecified atom stereocenters. The average Bonchev–Trinajstić information content (AvgIpc) is 2.54. The van der Waals surface area contributed by atoms with E-state index in [0.717, 1.165) is 16.9 Å². The fraction of sp³-hybridized carbons (Fsp3) is 0.250. The summed E-state index contributed by atoms with van der Waals surface area (Å²) in [4.78, 5) is 2.36. The highest BCUT2D eigenvalue weighted by atomic mass is 32.2. The van der Waals surface area contributed by atoms with Gasteiger partial charge in [-0.1, -0.05) is 19.1 Å². The Morgan fingerprint density at radius 3 is 1.86 bits per heavy atom. The van der Waals surface area contributed by atoms with Crippen molar-refractivity contribution in [2.75, 3.05) is 17.7 Å². The first-order valence-corrected chi connectivity index (χ1v) is 8.48. The minimum absolute atomic E-state index is 0.114. The maximum atomic E-state index is 11.8. The van der Waals surface area contributed by atoms with Crippen molar-refractivity contribution in [1.29, 1.82) is 0 Å². The first kappa shape index (κ1) is 15.5. The van der Waals surface area contributed by atoms with E-state index in [1.54, 1.807) is 19.1 Å². The summed E-state index contributed by atoms with van der Waals surface area (Å²) in [5.74, 6) is 0.114. The predicted molar refractivity (Wildman–Crippen MR) is 86.6 cm³/mol. The normalized spacial score (nSPS) is 11.4. The zero-order valence-electron chi connectivity index (χ0n) is 12.3. The molecule has 0 amide bonds. The number of nitrogens with two attached hydrogens (primary N) is 1. The Morgan fingerprint density at radius 1 is 0.952 bits per heavy atom. The average molecular weight is 304 g/mol. The lowest BCUT2D eigenvalue weighted by Crippen LogP contribution is -2.10. The van der Waals surface area contributed by atoms with Crippen LogP contribution in [0.25, 0.3) is 0 Å². The van der Waals surface area contributed by atoms with Crippen molar-refractivity contribution < 1.29 is 8.42 Å². The number of anilines is 2. The Hall–Kier alpha value is -1.85. The number of benzene rings is 2. The monoisotopic (exact) mass is 304 g/mol. The highest BCUT2D eigenvalue weighted by molar-refractivity contribution is 7.91. The summed E-state index contributed by atoms with van der Waals surface area (Å²) in [5.41, 5.74) is 8.63. The molecule has 2 rings (SSSR count). The van der Waals surface area contributed by atoms with Gasteiger partial charge in [-0.15, -0.1) is 0 Å². The molecule has 2 aromatic carbocycles. The second kappa shape index (κ2) is 6.28. The van der Waals surface area contributed by atoms with Gasteiger partial charge in [0.25, 0.3) is 0 Å². The fourth-order valence-electron chi connectivity index (χ4n) is 2.05. The van der Waals surface area contributed by atoms with Crippen LogP contribution in [0.15, 0.2) is 53.4 Å². The quantitative estimate of drug-likeness (QED) is 0.922. The second-order valence-electron chi connectivity index (χ2n) is 4.83. The minimum atomic E-state index is -3.15. The van der Waals surface area contributed by atoms with E-state index in [0.29, 0.717) is 11.4 Å². The van der Waals surface area contributed by atoms with Crippen LogP contribution in [-0.4, -0.2) is 21.2 Å². The van der Waals surface area contributed by atoms with Crippen LogP contribution in [0.2, 0.25) is 0 Å². The molecular weight excluding hydrogens is 284 g/mol. The van der Waals surface area contributed by atoms with Gasteiger partial charge < -0.3 is 10.6 Å². The van der Waals surface area contributed by atoms with Gasteiger partial charge in [-0.05, 0) is 42.0 Å². The lowest BCUT2D eigenvalue weighted by Gasteiger charge is -2.20. The molecule has 0 aromatic heterocycles. The molecule has 0 fully saturated rings. The highest BCUT2D eigenvalue weighted by Crippen LogP contribution is 2.25. The molecule has 0 aliphatic rings. The molecule has 0 atom stereocenters. The second-order valence-corrected chi connectivity index (χ2v) is 7.11. The zero-order chi connectivity index (χ0) is 15.5. The van der Waals surface area contributed by atoms with E-state index in [-0.39, 0.29) is 5.75 Å². The van der Waals surface area contributed by atoms with E-state index < -0.39 is 9.84 Å². The third-order valence-corrected chi connectivity index (χ3v) is 5.27. The van der Waals surface area contributed by atoms with Gasteiger partial charge in [-0.25, -0.2) is 8.42 Å². The molecule has 4 nitrogen and oxygen atoms in total. The van der Waals surface area contributed by atoms with Gasteiger partial charge in [-0.3, -0.25) is 0 Å². The smallest absolute Gasteiger partial charge is 0.178 e. The van der Waals surface area contributed by atoms with E-state index in [1.807, 2.05) is 48.3 Å². The zero-order valence-corrected chi connectivity index (χ0v) is 13.1. The van der Waals surface area contributed by atoms with Crippen LogP contribution in [0.5, 0.6) is 0 Å². The minimum Gasteiger partial charge on any atom is -0.345 e. The summed E-state index contributed by atoms with van der Waals surface area (Å²) in [6, 6.07) is 14.9. The van der Waals surface area contributed by atoms with Crippen LogP contribution in [0, 0.1) is 0 Å².